The van der Waals surface area contributed by atoms with Gasteiger partial charge in [0.05, 0.1) is 11.5 Å². The molecule has 0 unspecified atom stereocenters. The smallest absolute Gasteiger partial charge is 0.339 e. The second-order valence-electron chi connectivity index (χ2n) is 6.85. The van der Waals surface area contributed by atoms with Gasteiger partial charge in [-0.3, -0.25) is 24.1 Å². The number of hydrogen-bond donors (Lipinski definition) is 1. The first kappa shape index (κ1) is 25.0. The molecule has 1 aliphatic rings. The van der Waals surface area contributed by atoms with Gasteiger partial charge in [-0.05, 0) is 55.1 Å². The molecule has 1 saturated heterocycles. The third-order valence-electron chi connectivity index (χ3n) is 4.33. The minimum atomic E-state index is -4.24. The maximum absolute atomic E-state index is 12.8. The highest BCUT2D eigenvalue weighted by Crippen LogP contribution is 2.34. The number of nitrogens with zero attached hydrogens (tertiary/aromatic N) is 1. The minimum Gasteiger partial charge on any atom is -0.465 e. The molecule has 2 aromatic carbocycles. The van der Waals surface area contributed by atoms with Gasteiger partial charge in [0.2, 0.25) is 5.91 Å². The Balaban J connectivity index is 1.83. The highest BCUT2D eigenvalue weighted by Gasteiger charge is 2.37. The summed E-state index contributed by atoms with van der Waals surface area (Å²) in [7, 11) is -4.24. The van der Waals surface area contributed by atoms with Crippen molar-refractivity contribution in [2.24, 2.45) is 0 Å². The zero-order chi connectivity index (χ0) is 24.9. The molecular weight excluding hydrogens is 484 g/mol. The van der Waals surface area contributed by atoms with E-state index in [-0.39, 0.29) is 33.6 Å². The van der Waals surface area contributed by atoms with Crippen LogP contribution in [0.4, 0.5) is 10.5 Å². The van der Waals surface area contributed by atoms with E-state index in [0.29, 0.717) is 17.4 Å². The lowest BCUT2D eigenvalue weighted by molar-refractivity contribution is -0.146. The average Bonchev–Trinajstić information content (AvgIpc) is 3.02. The number of carbonyl (C=O) groups is 4. The van der Waals surface area contributed by atoms with Crippen molar-refractivity contribution in [2.45, 2.75) is 18.7 Å². The van der Waals surface area contributed by atoms with E-state index in [0.717, 1.165) is 4.90 Å². The van der Waals surface area contributed by atoms with E-state index in [2.05, 4.69) is 5.32 Å². The number of anilines is 1. The van der Waals surface area contributed by atoms with Crippen LogP contribution in [-0.4, -0.2) is 49.5 Å². The second-order valence-corrected chi connectivity index (χ2v) is 9.39. The molecule has 0 aromatic heterocycles. The number of thioether (sulfide) groups is 1. The van der Waals surface area contributed by atoms with Crippen molar-refractivity contribution in [3.8, 4) is 5.75 Å². The molecule has 178 valence electrons. The van der Waals surface area contributed by atoms with Crippen molar-refractivity contribution >= 4 is 56.7 Å². The number of imide groups is 1. The Labute approximate surface area is 200 Å². The third-order valence-corrected chi connectivity index (χ3v) is 6.49. The lowest BCUT2D eigenvalue weighted by atomic mass is 10.2. The van der Waals surface area contributed by atoms with Crippen LogP contribution in [0.15, 0.2) is 58.3 Å². The predicted molar refractivity (Wildman–Crippen MR) is 124 cm³/mol. The van der Waals surface area contributed by atoms with Gasteiger partial charge in [0, 0.05) is 18.2 Å². The van der Waals surface area contributed by atoms with Crippen LogP contribution >= 0.6 is 11.8 Å². The topological polar surface area (TPSA) is 136 Å². The highest BCUT2D eigenvalue weighted by molar-refractivity contribution is 8.18. The Morgan fingerprint density at radius 3 is 2.41 bits per heavy atom. The van der Waals surface area contributed by atoms with E-state index in [1.165, 1.54) is 49.4 Å². The number of esters is 1. The summed E-state index contributed by atoms with van der Waals surface area (Å²) < 4.78 is 35.6. The molecule has 0 spiro atoms. The Morgan fingerprint density at radius 2 is 1.76 bits per heavy atom. The normalized spacial score (nSPS) is 14.9. The van der Waals surface area contributed by atoms with Crippen molar-refractivity contribution in [3.63, 3.8) is 0 Å². The van der Waals surface area contributed by atoms with Gasteiger partial charge in [-0.25, -0.2) is 0 Å². The number of amides is 3. The summed E-state index contributed by atoms with van der Waals surface area (Å²) in [6, 6.07) is 11.5. The summed E-state index contributed by atoms with van der Waals surface area (Å²) in [6.45, 7) is 2.53. The molecule has 3 rings (SSSR count). The summed E-state index contributed by atoms with van der Waals surface area (Å²) in [5.41, 5.74) is 0.660. The van der Waals surface area contributed by atoms with E-state index >= 15 is 0 Å². The van der Waals surface area contributed by atoms with Crippen LogP contribution in [-0.2, 0) is 29.2 Å². The predicted octanol–water partition coefficient (Wildman–Crippen LogP) is 3.01. The summed E-state index contributed by atoms with van der Waals surface area (Å²) >= 11 is 0.617. The van der Waals surface area contributed by atoms with E-state index in [1.54, 1.807) is 19.1 Å². The minimum absolute atomic E-state index is 0.00223. The van der Waals surface area contributed by atoms with E-state index in [1.807, 2.05) is 0 Å². The second kappa shape index (κ2) is 10.5. The fourth-order valence-electron chi connectivity index (χ4n) is 2.86. The third kappa shape index (κ3) is 6.02. The van der Waals surface area contributed by atoms with Gasteiger partial charge in [-0.15, -0.1) is 0 Å². The average molecular weight is 505 g/mol. The Bertz CT molecular complexity index is 1270. The van der Waals surface area contributed by atoms with Crippen LogP contribution in [0.1, 0.15) is 19.4 Å². The molecular formula is C22H20N2O8S2. The van der Waals surface area contributed by atoms with Crippen LogP contribution < -0.4 is 9.50 Å². The lowest BCUT2D eigenvalue weighted by Crippen LogP contribution is -2.34. The molecule has 1 N–H and O–H groups in total. The number of benzene rings is 2. The number of rotatable bonds is 8. The highest BCUT2D eigenvalue weighted by atomic mass is 32.2. The zero-order valence-corrected chi connectivity index (χ0v) is 19.8. The number of hydrogen-bond acceptors (Lipinski definition) is 9. The van der Waals surface area contributed by atoms with Crippen LogP contribution in [0.3, 0.4) is 0 Å². The molecule has 3 amide bonds. The van der Waals surface area contributed by atoms with Crippen molar-refractivity contribution in [2.75, 3.05) is 18.5 Å². The quantitative estimate of drug-likeness (QED) is 0.327. The SMILES string of the molecule is CCOC(=O)CN1C(=O)S/C(=C\c2ccccc2OS(=O)(=O)c2ccc(NC(C)=O)cc2)C1=O. The van der Waals surface area contributed by atoms with Crippen molar-refractivity contribution in [3.05, 3.63) is 59.0 Å². The van der Waals surface area contributed by atoms with Gasteiger partial charge in [0.15, 0.2) is 0 Å². The summed E-state index contributed by atoms with van der Waals surface area (Å²) in [4.78, 5) is 48.2. The van der Waals surface area contributed by atoms with Crippen molar-refractivity contribution in [1.82, 2.24) is 4.90 Å². The zero-order valence-electron chi connectivity index (χ0n) is 18.1. The Kier molecular flexibility index (Phi) is 7.74. The number of nitrogens with one attached hydrogen (secondary N) is 1. The number of ether oxygens (including phenoxy) is 1. The summed E-state index contributed by atoms with van der Waals surface area (Å²) in [5, 5.41) is 1.89. The molecule has 0 atom stereocenters. The van der Waals surface area contributed by atoms with E-state index in [4.69, 9.17) is 8.92 Å². The lowest BCUT2D eigenvalue weighted by Gasteiger charge is -2.11. The molecule has 1 heterocycles. The van der Waals surface area contributed by atoms with E-state index in [9.17, 15) is 27.6 Å². The monoisotopic (exact) mass is 504 g/mol. The Morgan fingerprint density at radius 1 is 1.09 bits per heavy atom. The number of carbonyl (C=O) groups excluding carboxylic acids is 4. The molecule has 0 radical (unpaired) electrons. The molecule has 10 nitrogen and oxygen atoms in total. The fourth-order valence-corrected chi connectivity index (χ4v) is 4.65. The largest absolute Gasteiger partial charge is 0.465 e. The number of para-hydroxylation sites is 1. The molecule has 34 heavy (non-hydrogen) atoms. The molecule has 12 heteroatoms. The Hall–Kier alpha value is -3.64. The van der Waals surface area contributed by atoms with E-state index < -0.39 is 33.8 Å². The van der Waals surface area contributed by atoms with Crippen LogP contribution in [0.5, 0.6) is 5.75 Å². The summed E-state index contributed by atoms with van der Waals surface area (Å²) in [5.74, 6) is -1.78. The van der Waals surface area contributed by atoms with Gasteiger partial charge < -0.3 is 14.2 Å². The van der Waals surface area contributed by atoms with Crippen LogP contribution in [0, 0.1) is 0 Å². The van der Waals surface area contributed by atoms with Gasteiger partial charge in [0.1, 0.15) is 17.2 Å². The van der Waals surface area contributed by atoms with Gasteiger partial charge >= 0.3 is 16.1 Å². The van der Waals surface area contributed by atoms with Crippen molar-refractivity contribution in [1.29, 1.82) is 0 Å². The molecule has 0 bridgehead atoms. The fraction of sp³-hybridized carbons (Fsp3) is 0.182. The molecule has 2 aromatic rings. The standard InChI is InChI=1S/C22H20N2O8S2/c1-3-31-20(26)13-24-21(27)19(33-22(24)28)12-15-6-4-5-7-18(15)32-34(29,30)17-10-8-16(9-11-17)23-14(2)25/h4-12H,3,13H2,1-2H3,(H,23,25)/b19-12-. The molecule has 0 saturated carbocycles. The molecule has 1 fully saturated rings. The summed E-state index contributed by atoms with van der Waals surface area (Å²) in [6.07, 6.45) is 1.32. The van der Waals surface area contributed by atoms with Gasteiger partial charge in [-0.1, -0.05) is 18.2 Å². The van der Waals surface area contributed by atoms with Crippen LogP contribution in [0.2, 0.25) is 0 Å². The van der Waals surface area contributed by atoms with Gasteiger partial charge in [-0.2, -0.15) is 8.42 Å². The first-order chi connectivity index (χ1) is 16.1. The maximum Gasteiger partial charge on any atom is 0.339 e. The van der Waals surface area contributed by atoms with Gasteiger partial charge in [0.25, 0.3) is 11.1 Å². The molecule has 0 aliphatic carbocycles. The first-order valence-electron chi connectivity index (χ1n) is 9.93. The van der Waals surface area contributed by atoms with Crippen LogP contribution in [0.25, 0.3) is 6.08 Å². The molecule has 1 aliphatic heterocycles. The van der Waals surface area contributed by atoms with Crippen molar-refractivity contribution < 1.29 is 36.5 Å². The first-order valence-corrected chi connectivity index (χ1v) is 12.2. The maximum atomic E-state index is 12.8.